The number of carbonyl (C=O) groups excluding carboxylic acids is 1. The molecule has 120 valence electrons. The van der Waals surface area contributed by atoms with E-state index in [1.807, 2.05) is 6.92 Å². The van der Waals surface area contributed by atoms with Crippen LogP contribution in [-0.2, 0) is 13.1 Å². The van der Waals surface area contributed by atoms with Crippen molar-refractivity contribution in [1.82, 2.24) is 19.6 Å². The predicted octanol–water partition coefficient (Wildman–Crippen LogP) is 2.53. The van der Waals surface area contributed by atoms with Crippen molar-refractivity contribution in [3.8, 4) is 0 Å². The number of nitrogens with one attached hydrogen (secondary N) is 1. The van der Waals surface area contributed by atoms with Crippen LogP contribution in [0, 0.1) is 13.8 Å². The van der Waals surface area contributed by atoms with E-state index in [0.717, 1.165) is 10.9 Å². The molecule has 0 atom stereocenters. The number of aromatic nitrogens is 4. The van der Waals surface area contributed by atoms with Crippen LogP contribution in [0.25, 0.3) is 0 Å². The summed E-state index contributed by atoms with van der Waals surface area (Å²) in [6.07, 6.45) is -2.04. The number of alkyl halides is 3. The number of nitrogens with zero attached hydrogens (tertiary/aromatic N) is 4. The molecule has 0 radical (unpaired) electrons. The summed E-state index contributed by atoms with van der Waals surface area (Å²) < 4.78 is 39.2. The number of hydrogen-bond donors (Lipinski definition) is 1. The monoisotopic (exact) mass is 315 g/mol. The minimum atomic E-state index is -4.36. The molecule has 0 aliphatic carbocycles. The lowest BCUT2D eigenvalue weighted by atomic mass is 10.2. The lowest BCUT2D eigenvalue weighted by molar-refractivity contribution is -0.142. The third kappa shape index (κ3) is 3.46. The summed E-state index contributed by atoms with van der Waals surface area (Å²) in [5.41, 5.74) is 1.91. The Bertz CT molecular complexity index is 686. The molecule has 0 aliphatic rings. The van der Waals surface area contributed by atoms with E-state index in [0.29, 0.717) is 23.5 Å². The van der Waals surface area contributed by atoms with Gasteiger partial charge in [-0.25, -0.2) is 0 Å². The highest BCUT2D eigenvalue weighted by molar-refractivity contribution is 6.05. The van der Waals surface area contributed by atoms with Crippen molar-refractivity contribution in [2.45, 2.75) is 40.0 Å². The van der Waals surface area contributed by atoms with Crippen LogP contribution in [-0.4, -0.2) is 31.6 Å². The fourth-order valence-electron chi connectivity index (χ4n) is 2.23. The van der Waals surface area contributed by atoms with E-state index < -0.39 is 18.6 Å². The highest BCUT2D eigenvalue weighted by Crippen LogP contribution is 2.19. The molecular weight excluding hydrogens is 299 g/mol. The zero-order valence-corrected chi connectivity index (χ0v) is 12.4. The molecule has 0 fully saturated rings. The Morgan fingerprint density at radius 3 is 2.59 bits per heavy atom. The van der Waals surface area contributed by atoms with Crippen LogP contribution >= 0.6 is 0 Å². The molecule has 0 bridgehead atoms. The van der Waals surface area contributed by atoms with Crippen LogP contribution in [0.4, 0.5) is 18.9 Å². The first-order chi connectivity index (χ1) is 10.2. The third-order valence-corrected chi connectivity index (χ3v) is 3.14. The lowest BCUT2D eigenvalue weighted by Gasteiger charge is -2.05. The van der Waals surface area contributed by atoms with Crippen LogP contribution in [0.5, 0.6) is 0 Å². The Morgan fingerprint density at radius 1 is 1.36 bits per heavy atom. The summed E-state index contributed by atoms with van der Waals surface area (Å²) in [6, 6.07) is 0. The smallest absolute Gasteiger partial charge is 0.319 e. The largest absolute Gasteiger partial charge is 0.408 e. The molecule has 6 nitrogen and oxygen atoms in total. The number of halogens is 3. The second-order valence-corrected chi connectivity index (χ2v) is 4.86. The quantitative estimate of drug-likeness (QED) is 0.943. The van der Waals surface area contributed by atoms with Crippen molar-refractivity contribution in [3.63, 3.8) is 0 Å². The average molecular weight is 315 g/mol. The molecule has 9 heteroatoms. The summed E-state index contributed by atoms with van der Waals surface area (Å²) in [5.74, 6) is -0.416. The van der Waals surface area contributed by atoms with Crippen molar-refractivity contribution >= 4 is 11.6 Å². The van der Waals surface area contributed by atoms with Gasteiger partial charge < -0.3 is 5.32 Å². The van der Waals surface area contributed by atoms with Crippen molar-refractivity contribution < 1.29 is 18.0 Å². The Balaban J connectivity index is 2.14. The summed E-state index contributed by atoms with van der Waals surface area (Å²) >= 11 is 0. The van der Waals surface area contributed by atoms with Crippen molar-refractivity contribution in [2.24, 2.45) is 0 Å². The number of rotatable bonds is 4. The van der Waals surface area contributed by atoms with E-state index in [1.165, 1.54) is 6.20 Å². The van der Waals surface area contributed by atoms with Crippen LogP contribution in [0.15, 0.2) is 12.4 Å². The Labute approximate surface area is 124 Å². The van der Waals surface area contributed by atoms with E-state index in [4.69, 9.17) is 0 Å². The van der Waals surface area contributed by atoms with E-state index in [1.54, 1.807) is 18.5 Å². The van der Waals surface area contributed by atoms with E-state index in [-0.39, 0.29) is 5.69 Å². The summed E-state index contributed by atoms with van der Waals surface area (Å²) in [7, 11) is 0. The molecule has 1 amide bonds. The lowest BCUT2D eigenvalue weighted by Crippen LogP contribution is -2.18. The predicted molar refractivity (Wildman–Crippen MR) is 73.6 cm³/mol. The molecule has 0 spiro atoms. The maximum Gasteiger partial charge on any atom is 0.408 e. The highest BCUT2D eigenvalue weighted by Gasteiger charge is 2.28. The van der Waals surface area contributed by atoms with Crippen LogP contribution < -0.4 is 5.32 Å². The van der Waals surface area contributed by atoms with Crippen molar-refractivity contribution in [1.29, 1.82) is 0 Å². The maximum atomic E-state index is 12.3. The van der Waals surface area contributed by atoms with Gasteiger partial charge in [-0.05, 0) is 20.8 Å². The molecule has 2 rings (SSSR count). The average Bonchev–Trinajstić information content (AvgIpc) is 2.91. The van der Waals surface area contributed by atoms with Gasteiger partial charge in [-0.15, -0.1) is 0 Å². The van der Waals surface area contributed by atoms with E-state index in [2.05, 4.69) is 15.5 Å². The van der Waals surface area contributed by atoms with E-state index >= 15 is 0 Å². The number of aryl methyl sites for hydroxylation is 2. The number of anilines is 1. The third-order valence-electron chi connectivity index (χ3n) is 3.14. The van der Waals surface area contributed by atoms with Gasteiger partial charge in [-0.1, -0.05) is 0 Å². The molecular formula is C13H16F3N5O. The van der Waals surface area contributed by atoms with Crippen molar-refractivity contribution in [3.05, 3.63) is 29.3 Å². The number of hydrogen-bond acceptors (Lipinski definition) is 3. The second kappa shape index (κ2) is 5.82. The highest BCUT2D eigenvalue weighted by atomic mass is 19.4. The van der Waals surface area contributed by atoms with Gasteiger partial charge in [-0.2, -0.15) is 23.4 Å². The van der Waals surface area contributed by atoms with Crippen molar-refractivity contribution in [2.75, 3.05) is 5.32 Å². The van der Waals surface area contributed by atoms with Gasteiger partial charge in [0, 0.05) is 18.4 Å². The molecule has 2 heterocycles. The standard InChI is InChI=1S/C13H16F3N5O/c1-4-21-9(3)11(8(2)19-21)12(22)18-10-5-17-20(6-10)7-13(14,15)16/h5-6H,4,7H2,1-3H3,(H,18,22). The van der Waals surface area contributed by atoms with Gasteiger partial charge in [0.2, 0.25) is 0 Å². The molecule has 0 aliphatic heterocycles. The minimum absolute atomic E-state index is 0.206. The molecule has 0 saturated heterocycles. The minimum Gasteiger partial charge on any atom is -0.319 e. The van der Waals surface area contributed by atoms with Crippen LogP contribution in [0.1, 0.15) is 28.7 Å². The van der Waals surface area contributed by atoms with Gasteiger partial charge in [0.1, 0.15) is 6.54 Å². The molecule has 2 aromatic heterocycles. The van der Waals surface area contributed by atoms with Gasteiger partial charge >= 0.3 is 6.18 Å². The zero-order chi connectivity index (χ0) is 16.5. The first-order valence-electron chi connectivity index (χ1n) is 6.66. The fourth-order valence-corrected chi connectivity index (χ4v) is 2.23. The van der Waals surface area contributed by atoms with Gasteiger partial charge in [0.15, 0.2) is 0 Å². The summed E-state index contributed by atoms with van der Waals surface area (Å²) in [5, 5.41) is 10.3. The molecule has 0 unspecified atom stereocenters. The van der Waals surface area contributed by atoms with Gasteiger partial charge in [-0.3, -0.25) is 14.2 Å². The van der Waals surface area contributed by atoms with Gasteiger partial charge in [0.25, 0.3) is 5.91 Å². The Morgan fingerprint density at radius 2 is 2.05 bits per heavy atom. The molecule has 2 aromatic rings. The molecule has 1 N–H and O–H groups in total. The van der Waals surface area contributed by atoms with Crippen LogP contribution in [0.2, 0.25) is 0 Å². The topological polar surface area (TPSA) is 64.7 Å². The Kier molecular flexibility index (Phi) is 4.25. The maximum absolute atomic E-state index is 12.3. The summed E-state index contributed by atoms with van der Waals surface area (Å²) in [4.78, 5) is 12.3. The normalized spacial score (nSPS) is 11.7. The van der Waals surface area contributed by atoms with Gasteiger partial charge in [0.05, 0.1) is 23.1 Å². The summed E-state index contributed by atoms with van der Waals surface area (Å²) in [6.45, 7) is 4.81. The molecule has 0 saturated carbocycles. The molecule has 22 heavy (non-hydrogen) atoms. The van der Waals surface area contributed by atoms with E-state index in [9.17, 15) is 18.0 Å². The first kappa shape index (κ1) is 16.1. The fraction of sp³-hybridized carbons (Fsp3) is 0.462. The van der Waals surface area contributed by atoms with Crippen LogP contribution in [0.3, 0.4) is 0 Å². The first-order valence-corrected chi connectivity index (χ1v) is 6.66. The number of carbonyl (C=O) groups is 1. The number of amides is 1. The SMILES string of the molecule is CCn1nc(C)c(C(=O)Nc2cnn(CC(F)(F)F)c2)c1C. The Hall–Kier alpha value is -2.32. The zero-order valence-electron chi connectivity index (χ0n) is 12.4. The second-order valence-electron chi connectivity index (χ2n) is 4.86. The molecule has 0 aromatic carbocycles.